The maximum absolute atomic E-state index is 12.7. The third-order valence-corrected chi connectivity index (χ3v) is 5.89. The number of carbonyl (C=O) groups is 1. The number of nitrogens with zero attached hydrogens (tertiary/aromatic N) is 1. The van der Waals surface area contributed by atoms with Gasteiger partial charge in [0.15, 0.2) is 0 Å². The zero-order chi connectivity index (χ0) is 19.3. The van der Waals surface area contributed by atoms with Gasteiger partial charge in [-0.25, -0.2) is 8.42 Å². The first-order valence-corrected chi connectivity index (χ1v) is 10.6. The predicted octanol–water partition coefficient (Wildman–Crippen LogP) is 3.05. The Bertz CT molecular complexity index is 894. The quantitative estimate of drug-likeness (QED) is 0.754. The molecule has 0 bridgehead atoms. The van der Waals surface area contributed by atoms with Gasteiger partial charge in [0.1, 0.15) is 5.75 Å². The number of anilines is 1. The van der Waals surface area contributed by atoms with Crippen molar-refractivity contribution >= 4 is 21.6 Å². The first-order valence-electron chi connectivity index (χ1n) is 9.11. The first-order chi connectivity index (χ1) is 13.0. The van der Waals surface area contributed by atoms with Crippen molar-refractivity contribution in [3.05, 3.63) is 54.1 Å². The molecule has 1 saturated heterocycles. The molecular weight excluding hydrogens is 364 g/mol. The fourth-order valence-corrected chi connectivity index (χ4v) is 4.15. The highest BCUT2D eigenvalue weighted by atomic mass is 32.2. The lowest BCUT2D eigenvalue weighted by molar-refractivity contribution is -0.127. The normalized spacial score (nSPS) is 14.4. The molecule has 0 aliphatic carbocycles. The van der Waals surface area contributed by atoms with Crippen LogP contribution in [0.25, 0.3) is 0 Å². The molecule has 0 spiro atoms. The van der Waals surface area contributed by atoms with Gasteiger partial charge in [-0.3, -0.25) is 9.52 Å². The Labute approximate surface area is 160 Å². The summed E-state index contributed by atoms with van der Waals surface area (Å²) in [5.74, 6) is 0.696. The molecule has 1 N–H and O–H groups in total. The van der Waals surface area contributed by atoms with Gasteiger partial charge < -0.3 is 9.64 Å². The van der Waals surface area contributed by atoms with Crippen LogP contribution in [0.2, 0.25) is 0 Å². The molecule has 144 valence electrons. The van der Waals surface area contributed by atoms with Crippen LogP contribution in [0.3, 0.4) is 0 Å². The largest absolute Gasteiger partial charge is 0.492 e. The number of carbonyl (C=O) groups excluding carboxylic acids is 1. The smallest absolute Gasteiger partial charge is 0.262 e. The van der Waals surface area contributed by atoms with Gasteiger partial charge in [-0.1, -0.05) is 24.3 Å². The molecule has 1 heterocycles. The summed E-state index contributed by atoms with van der Waals surface area (Å²) in [6.07, 6.45) is 2.27. The number of nitrogens with one attached hydrogen (secondary N) is 1. The van der Waals surface area contributed by atoms with Crippen molar-refractivity contribution in [2.45, 2.75) is 31.1 Å². The molecule has 1 aliphatic heterocycles. The molecule has 0 unspecified atom stereocenters. The lowest BCUT2D eigenvalue weighted by atomic mass is 10.1. The summed E-state index contributed by atoms with van der Waals surface area (Å²) in [5, 5.41) is 0. The van der Waals surface area contributed by atoms with Crippen molar-refractivity contribution < 1.29 is 17.9 Å². The van der Waals surface area contributed by atoms with Gasteiger partial charge >= 0.3 is 0 Å². The molecule has 2 aromatic rings. The van der Waals surface area contributed by atoms with Crippen molar-refractivity contribution in [3.63, 3.8) is 0 Å². The summed E-state index contributed by atoms with van der Waals surface area (Å²) >= 11 is 0. The van der Waals surface area contributed by atoms with Crippen LogP contribution in [0.5, 0.6) is 5.75 Å². The van der Waals surface area contributed by atoms with Gasteiger partial charge in [0.05, 0.1) is 17.2 Å². The maximum atomic E-state index is 12.7. The Morgan fingerprint density at radius 2 is 1.85 bits per heavy atom. The summed E-state index contributed by atoms with van der Waals surface area (Å²) in [6, 6.07) is 13.7. The van der Waals surface area contributed by atoms with E-state index in [2.05, 4.69) is 4.72 Å². The van der Waals surface area contributed by atoms with E-state index in [1.807, 2.05) is 11.8 Å². The van der Waals surface area contributed by atoms with E-state index in [9.17, 15) is 13.2 Å². The van der Waals surface area contributed by atoms with Gasteiger partial charge in [-0.05, 0) is 49.6 Å². The van der Waals surface area contributed by atoms with Gasteiger partial charge in [0, 0.05) is 19.5 Å². The SMILES string of the molecule is CCOc1ccccc1NS(=O)(=O)c1ccc(CCN2CCCC2=O)cc1. The Hall–Kier alpha value is -2.54. The Kier molecular flexibility index (Phi) is 6.01. The monoisotopic (exact) mass is 388 g/mol. The number of hydrogen-bond donors (Lipinski definition) is 1. The predicted molar refractivity (Wildman–Crippen MR) is 104 cm³/mol. The second-order valence-electron chi connectivity index (χ2n) is 6.41. The molecule has 0 radical (unpaired) electrons. The van der Waals surface area contributed by atoms with E-state index in [-0.39, 0.29) is 10.8 Å². The number of ether oxygens (including phenoxy) is 1. The number of hydrogen-bond acceptors (Lipinski definition) is 4. The molecular formula is C20H24N2O4S. The molecule has 0 aromatic heterocycles. The zero-order valence-electron chi connectivity index (χ0n) is 15.3. The fourth-order valence-electron chi connectivity index (χ4n) is 3.08. The van der Waals surface area contributed by atoms with Crippen LogP contribution in [0.1, 0.15) is 25.3 Å². The first kappa shape index (κ1) is 19.2. The van der Waals surface area contributed by atoms with Gasteiger partial charge in [-0.15, -0.1) is 0 Å². The highest BCUT2D eigenvalue weighted by Crippen LogP contribution is 2.26. The molecule has 1 amide bonds. The molecule has 0 saturated carbocycles. The number of benzene rings is 2. The zero-order valence-corrected chi connectivity index (χ0v) is 16.2. The standard InChI is InChI=1S/C20H24N2O4S/c1-2-26-19-7-4-3-6-18(19)21-27(24,25)17-11-9-16(10-12-17)13-15-22-14-5-8-20(22)23/h3-4,6-7,9-12,21H,2,5,8,13-15H2,1H3. The molecule has 3 rings (SSSR count). The minimum Gasteiger partial charge on any atom is -0.492 e. The van der Waals surface area contributed by atoms with E-state index in [4.69, 9.17) is 4.74 Å². The highest BCUT2D eigenvalue weighted by Gasteiger charge is 2.20. The molecule has 1 aliphatic rings. The van der Waals surface area contributed by atoms with Crippen LogP contribution in [-0.2, 0) is 21.2 Å². The summed E-state index contributed by atoms with van der Waals surface area (Å²) in [7, 11) is -3.70. The van der Waals surface area contributed by atoms with E-state index in [0.29, 0.717) is 37.4 Å². The van der Waals surface area contributed by atoms with E-state index < -0.39 is 10.0 Å². The van der Waals surface area contributed by atoms with Crippen LogP contribution >= 0.6 is 0 Å². The molecule has 0 atom stereocenters. The maximum Gasteiger partial charge on any atom is 0.262 e. The third kappa shape index (κ3) is 4.80. The number of para-hydroxylation sites is 2. The van der Waals surface area contributed by atoms with Crippen molar-refractivity contribution in [1.29, 1.82) is 0 Å². The second kappa shape index (κ2) is 8.43. The van der Waals surface area contributed by atoms with Crippen LogP contribution in [0.15, 0.2) is 53.4 Å². The van der Waals surface area contributed by atoms with Crippen LogP contribution < -0.4 is 9.46 Å². The summed E-state index contributed by atoms with van der Waals surface area (Å²) in [5.41, 5.74) is 1.42. The highest BCUT2D eigenvalue weighted by molar-refractivity contribution is 7.92. The average Bonchev–Trinajstić information content (AvgIpc) is 3.07. The van der Waals surface area contributed by atoms with Crippen LogP contribution in [-0.4, -0.2) is 38.9 Å². The van der Waals surface area contributed by atoms with Gasteiger partial charge in [0.25, 0.3) is 10.0 Å². The topological polar surface area (TPSA) is 75.7 Å². The van der Waals surface area contributed by atoms with Gasteiger partial charge in [-0.2, -0.15) is 0 Å². The van der Waals surface area contributed by atoms with E-state index in [0.717, 1.165) is 18.5 Å². The Balaban J connectivity index is 1.67. The minimum atomic E-state index is -3.70. The Morgan fingerprint density at radius 3 is 2.52 bits per heavy atom. The molecule has 27 heavy (non-hydrogen) atoms. The summed E-state index contributed by atoms with van der Waals surface area (Å²) < 4.78 is 33.4. The fraction of sp³-hybridized carbons (Fsp3) is 0.350. The lowest BCUT2D eigenvalue weighted by Crippen LogP contribution is -2.26. The average molecular weight is 388 g/mol. The van der Waals surface area contributed by atoms with Gasteiger partial charge in [0.2, 0.25) is 5.91 Å². The number of amides is 1. The van der Waals surface area contributed by atoms with Crippen molar-refractivity contribution in [1.82, 2.24) is 4.90 Å². The number of rotatable bonds is 8. The minimum absolute atomic E-state index is 0.190. The van der Waals surface area contributed by atoms with E-state index in [1.54, 1.807) is 48.5 Å². The van der Waals surface area contributed by atoms with Crippen molar-refractivity contribution in [2.75, 3.05) is 24.4 Å². The summed E-state index contributed by atoms with van der Waals surface area (Å²) in [4.78, 5) is 13.7. The van der Waals surface area contributed by atoms with E-state index in [1.165, 1.54) is 0 Å². The van der Waals surface area contributed by atoms with Crippen molar-refractivity contribution in [3.8, 4) is 5.75 Å². The number of likely N-dealkylation sites (tertiary alicyclic amines) is 1. The second-order valence-corrected chi connectivity index (χ2v) is 8.10. The number of sulfonamides is 1. The van der Waals surface area contributed by atoms with Crippen LogP contribution in [0.4, 0.5) is 5.69 Å². The molecule has 2 aromatic carbocycles. The summed E-state index contributed by atoms with van der Waals surface area (Å²) in [6.45, 7) is 3.78. The lowest BCUT2D eigenvalue weighted by Gasteiger charge is -2.15. The van der Waals surface area contributed by atoms with Crippen molar-refractivity contribution in [2.24, 2.45) is 0 Å². The third-order valence-electron chi connectivity index (χ3n) is 4.51. The molecule has 6 nitrogen and oxygen atoms in total. The molecule has 1 fully saturated rings. The van der Waals surface area contributed by atoms with E-state index >= 15 is 0 Å². The molecule has 7 heteroatoms. The van der Waals surface area contributed by atoms with Crippen LogP contribution in [0, 0.1) is 0 Å². The Morgan fingerprint density at radius 1 is 1.11 bits per heavy atom.